The Balaban J connectivity index is 0.00000127. The third-order valence-corrected chi connectivity index (χ3v) is 3.96. The summed E-state index contributed by atoms with van der Waals surface area (Å²) in [6.45, 7) is 14.1. The summed E-state index contributed by atoms with van der Waals surface area (Å²) >= 11 is 0. The molecule has 4 N–H and O–H groups in total. The average molecular weight is 311 g/mol. The summed E-state index contributed by atoms with van der Waals surface area (Å²) < 4.78 is 0. The smallest absolute Gasteiger partial charge is 0.0825 e. The molecular formula is C20H29N3. The highest BCUT2D eigenvalue weighted by molar-refractivity contribution is 5.74. The molecule has 0 bridgehead atoms. The molecule has 1 aromatic rings. The van der Waals surface area contributed by atoms with Crippen LogP contribution in [0.1, 0.15) is 31.9 Å². The van der Waals surface area contributed by atoms with Crippen LogP contribution >= 0.6 is 0 Å². The van der Waals surface area contributed by atoms with Crippen LogP contribution in [0.15, 0.2) is 66.4 Å². The molecule has 2 rings (SSSR count). The Morgan fingerprint density at radius 3 is 2.30 bits per heavy atom. The van der Waals surface area contributed by atoms with Crippen molar-refractivity contribution in [2.45, 2.75) is 27.2 Å². The number of hydrazine groups is 1. The molecule has 0 heterocycles. The van der Waals surface area contributed by atoms with Crippen molar-refractivity contribution in [1.82, 2.24) is 5.01 Å². The summed E-state index contributed by atoms with van der Waals surface area (Å²) in [6.07, 6.45) is 4.61. The second-order valence-electron chi connectivity index (χ2n) is 5.41. The maximum absolute atomic E-state index is 6.43. The van der Waals surface area contributed by atoms with E-state index in [1.165, 1.54) is 5.56 Å². The standard InChI is InChI=1S/C18H23N3.C2H6/c1-5-14-12(3)11-13-9-7-8-10-16(13)17(19)18(21(4)20)15(14)6-2;1-2/h5-10,12H,1-2,11,19-20H2,3-4H3;1-2H3/b15-14-,18-17-;. The van der Waals surface area contributed by atoms with Crippen molar-refractivity contribution in [3.05, 3.63) is 77.5 Å². The Hall–Kier alpha value is -2.26. The zero-order valence-corrected chi connectivity index (χ0v) is 14.8. The molecule has 3 heteroatoms. The average Bonchev–Trinajstić information content (AvgIpc) is 2.55. The highest BCUT2D eigenvalue weighted by Gasteiger charge is 2.23. The molecule has 0 aliphatic heterocycles. The number of benzene rings is 1. The van der Waals surface area contributed by atoms with Gasteiger partial charge in [0.05, 0.1) is 11.4 Å². The highest BCUT2D eigenvalue weighted by atomic mass is 15.4. The van der Waals surface area contributed by atoms with E-state index in [9.17, 15) is 0 Å². The van der Waals surface area contributed by atoms with E-state index < -0.39 is 0 Å². The summed E-state index contributed by atoms with van der Waals surface area (Å²) in [7, 11) is 1.79. The van der Waals surface area contributed by atoms with Crippen LogP contribution in [0.2, 0.25) is 0 Å². The SMILES string of the molecule is C=CC1=C(\C=C)C(C)Cc2ccccc2/C(N)=C\1N(C)N.CC. The van der Waals surface area contributed by atoms with Gasteiger partial charge in [-0.05, 0) is 23.5 Å². The molecule has 3 nitrogen and oxygen atoms in total. The van der Waals surface area contributed by atoms with E-state index in [0.29, 0.717) is 11.6 Å². The molecule has 1 atom stereocenters. The van der Waals surface area contributed by atoms with E-state index in [0.717, 1.165) is 28.8 Å². The molecule has 0 spiro atoms. The third kappa shape index (κ3) is 3.74. The van der Waals surface area contributed by atoms with Gasteiger partial charge in [-0.15, -0.1) is 0 Å². The first kappa shape index (κ1) is 18.8. The number of likely N-dealkylation sites (N-methyl/N-ethyl adjacent to an activating group) is 1. The number of hydrogen-bond donors (Lipinski definition) is 2. The molecule has 0 saturated carbocycles. The topological polar surface area (TPSA) is 55.3 Å². The second-order valence-corrected chi connectivity index (χ2v) is 5.41. The van der Waals surface area contributed by atoms with Crippen LogP contribution in [0.4, 0.5) is 0 Å². The monoisotopic (exact) mass is 311 g/mol. The van der Waals surface area contributed by atoms with Gasteiger partial charge < -0.3 is 10.7 Å². The van der Waals surface area contributed by atoms with E-state index in [2.05, 4.69) is 26.1 Å². The first-order valence-corrected chi connectivity index (χ1v) is 8.07. The Morgan fingerprint density at radius 1 is 1.17 bits per heavy atom. The first-order valence-electron chi connectivity index (χ1n) is 8.07. The number of hydrogen-bond acceptors (Lipinski definition) is 3. The molecule has 124 valence electrons. The van der Waals surface area contributed by atoms with Crippen molar-refractivity contribution in [3.8, 4) is 0 Å². The third-order valence-electron chi connectivity index (χ3n) is 3.96. The van der Waals surface area contributed by atoms with Crippen LogP contribution in [-0.4, -0.2) is 12.1 Å². The van der Waals surface area contributed by atoms with Crippen LogP contribution in [0.3, 0.4) is 0 Å². The lowest BCUT2D eigenvalue weighted by atomic mass is 9.83. The quantitative estimate of drug-likeness (QED) is 0.655. The van der Waals surface area contributed by atoms with Crippen molar-refractivity contribution in [2.75, 3.05) is 7.05 Å². The molecule has 23 heavy (non-hydrogen) atoms. The van der Waals surface area contributed by atoms with Gasteiger partial charge >= 0.3 is 0 Å². The van der Waals surface area contributed by atoms with E-state index in [4.69, 9.17) is 11.6 Å². The van der Waals surface area contributed by atoms with Crippen LogP contribution in [-0.2, 0) is 6.42 Å². The van der Waals surface area contributed by atoms with Crippen molar-refractivity contribution in [3.63, 3.8) is 0 Å². The molecule has 1 aliphatic carbocycles. The van der Waals surface area contributed by atoms with E-state index in [1.807, 2.05) is 44.2 Å². The normalized spacial score (nSPS) is 23.6. The van der Waals surface area contributed by atoms with Gasteiger partial charge in [0, 0.05) is 18.2 Å². The zero-order valence-electron chi connectivity index (χ0n) is 14.8. The van der Waals surface area contributed by atoms with E-state index in [-0.39, 0.29) is 0 Å². The van der Waals surface area contributed by atoms with Crippen molar-refractivity contribution in [1.29, 1.82) is 0 Å². The predicted molar refractivity (Wildman–Crippen MR) is 101 cm³/mol. The Labute approximate surface area is 140 Å². The molecular weight excluding hydrogens is 282 g/mol. The van der Waals surface area contributed by atoms with Crippen molar-refractivity contribution < 1.29 is 0 Å². The summed E-state index contributed by atoms with van der Waals surface area (Å²) in [5.74, 6) is 6.36. The van der Waals surface area contributed by atoms with E-state index in [1.54, 1.807) is 12.1 Å². The van der Waals surface area contributed by atoms with Gasteiger partial charge in [0.2, 0.25) is 0 Å². The lowest BCUT2D eigenvalue weighted by Crippen LogP contribution is -2.30. The number of rotatable bonds is 3. The van der Waals surface area contributed by atoms with Crippen LogP contribution in [0, 0.1) is 5.92 Å². The molecule has 1 unspecified atom stereocenters. The number of allylic oxidation sites excluding steroid dienone is 3. The summed E-state index contributed by atoms with van der Waals surface area (Å²) in [4.78, 5) is 0. The van der Waals surface area contributed by atoms with Gasteiger partial charge in [-0.1, -0.05) is 70.3 Å². The van der Waals surface area contributed by atoms with Crippen molar-refractivity contribution in [2.24, 2.45) is 17.5 Å². The highest BCUT2D eigenvalue weighted by Crippen LogP contribution is 2.34. The number of nitrogens with zero attached hydrogens (tertiary/aromatic N) is 1. The minimum Gasteiger partial charge on any atom is -0.396 e. The number of nitrogens with two attached hydrogens (primary N) is 2. The molecule has 1 aromatic carbocycles. The minimum absolute atomic E-state index is 0.319. The van der Waals surface area contributed by atoms with E-state index >= 15 is 0 Å². The fraction of sp³-hybridized carbons (Fsp3) is 0.300. The zero-order chi connectivity index (χ0) is 17.6. The first-order chi connectivity index (χ1) is 11.0. The van der Waals surface area contributed by atoms with Crippen LogP contribution < -0.4 is 11.6 Å². The summed E-state index contributed by atoms with van der Waals surface area (Å²) in [6, 6.07) is 8.20. The molecule has 0 radical (unpaired) electrons. The van der Waals surface area contributed by atoms with Crippen LogP contribution in [0.25, 0.3) is 5.70 Å². The van der Waals surface area contributed by atoms with Gasteiger partial charge in [-0.25, -0.2) is 5.84 Å². The maximum Gasteiger partial charge on any atom is 0.0825 e. The van der Waals surface area contributed by atoms with Gasteiger partial charge in [0.1, 0.15) is 0 Å². The summed E-state index contributed by atoms with van der Waals surface area (Å²) in [5.41, 5.74) is 12.2. The van der Waals surface area contributed by atoms with Gasteiger partial charge in [0.15, 0.2) is 0 Å². The van der Waals surface area contributed by atoms with Crippen LogP contribution in [0.5, 0.6) is 0 Å². The Kier molecular flexibility index (Phi) is 6.86. The molecule has 0 aromatic heterocycles. The molecule has 0 saturated heterocycles. The maximum atomic E-state index is 6.43. The Bertz CT molecular complexity index is 636. The van der Waals surface area contributed by atoms with Gasteiger partial charge in [-0.2, -0.15) is 0 Å². The number of fused-ring (bicyclic) bond motifs is 1. The largest absolute Gasteiger partial charge is 0.396 e. The minimum atomic E-state index is 0.319. The lowest BCUT2D eigenvalue weighted by Gasteiger charge is -2.28. The molecule has 0 fully saturated rings. The molecule has 0 amide bonds. The van der Waals surface area contributed by atoms with Gasteiger partial charge in [0.25, 0.3) is 0 Å². The van der Waals surface area contributed by atoms with Gasteiger partial charge in [-0.3, -0.25) is 0 Å². The fourth-order valence-corrected chi connectivity index (χ4v) is 2.98. The summed E-state index contributed by atoms with van der Waals surface area (Å²) in [5, 5.41) is 1.56. The predicted octanol–water partition coefficient (Wildman–Crippen LogP) is 4.01. The second kappa shape index (κ2) is 8.39. The fourth-order valence-electron chi connectivity index (χ4n) is 2.98. The Morgan fingerprint density at radius 2 is 1.78 bits per heavy atom. The van der Waals surface area contributed by atoms with Crippen molar-refractivity contribution >= 4 is 5.70 Å². The lowest BCUT2D eigenvalue weighted by molar-refractivity contribution is 0.449. The molecule has 1 aliphatic rings.